The van der Waals surface area contributed by atoms with Crippen molar-refractivity contribution in [1.82, 2.24) is 15.5 Å². The van der Waals surface area contributed by atoms with Crippen molar-refractivity contribution in [3.05, 3.63) is 0 Å². The van der Waals surface area contributed by atoms with E-state index in [0.29, 0.717) is 30.3 Å². The predicted octanol–water partition coefficient (Wildman–Crippen LogP) is 2.69. The third-order valence-electron chi connectivity index (χ3n) is 4.30. The molecule has 1 saturated carbocycles. The van der Waals surface area contributed by atoms with Crippen LogP contribution in [0.3, 0.4) is 0 Å². The van der Waals surface area contributed by atoms with Gasteiger partial charge in [-0.3, -0.25) is 9.89 Å². The van der Waals surface area contributed by atoms with Gasteiger partial charge < -0.3 is 10.6 Å². The third kappa shape index (κ3) is 7.25. The molecule has 0 aromatic rings. The number of nitrogens with zero attached hydrogens (tertiary/aromatic N) is 2. The number of halogens is 4. The number of nitrogens with one attached hydrogen (secondary N) is 2. The Morgan fingerprint density at radius 3 is 2.48 bits per heavy atom. The Hall–Kier alpha value is 0.1000. The summed E-state index contributed by atoms with van der Waals surface area (Å²) in [6.45, 7) is 0.0691. The van der Waals surface area contributed by atoms with Gasteiger partial charge in [-0.05, 0) is 31.9 Å². The molecule has 0 radical (unpaired) electrons. The van der Waals surface area contributed by atoms with Gasteiger partial charge in [-0.1, -0.05) is 0 Å². The van der Waals surface area contributed by atoms with E-state index < -0.39 is 12.7 Å². The topological polar surface area (TPSA) is 39.7 Å². The Bertz CT molecular complexity index is 395. The Balaban J connectivity index is 0.00000264. The van der Waals surface area contributed by atoms with Gasteiger partial charge in [-0.15, -0.1) is 24.0 Å². The molecule has 1 saturated heterocycles. The highest BCUT2D eigenvalue weighted by Crippen LogP contribution is 2.28. The zero-order valence-electron chi connectivity index (χ0n) is 13.5. The van der Waals surface area contributed by atoms with E-state index in [0.717, 1.165) is 19.3 Å². The van der Waals surface area contributed by atoms with Crippen LogP contribution >= 0.6 is 35.7 Å². The molecule has 0 spiro atoms. The normalized spacial score (nSPS) is 29.4. The summed E-state index contributed by atoms with van der Waals surface area (Å²) in [5.41, 5.74) is 0. The van der Waals surface area contributed by atoms with Crippen molar-refractivity contribution in [2.75, 3.05) is 32.9 Å². The molecule has 0 amide bonds. The fourth-order valence-corrected chi connectivity index (χ4v) is 3.99. The second-order valence-corrected chi connectivity index (χ2v) is 7.20. The summed E-state index contributed by atoms with van der Waals surface area (Å²) in [6, 6.07) is 0.447. The molecule has 4 nitrogen and oxygen atoms in total. The van der Waals surface area contributed by atoms with Crippen LogP contribution in [0.1, 0.15) is 25.7 Å². The van der Waals surface area contributed by atoms with Gasteiger partial charge in [0.2, 0.25) is 0 Å². The van der Waals surface area contributed by atoms with Crippen molar-refractivity contribution in [2.24, 2.45) is 4.99 Å². The summed E-state index contributed by atoms with van der Waals surface area (Å²) >= 11 is 1.90. The first-order chi connectivity index (χ1) is 10.4. The Labute approximate surface area is 157 Å². The minimum atomic E-state index is -4.12. The van der Waals surface area contributed by atoms with Gasteiger partial charge in [-0.2, -0.15) is 24.9 Å². The van der Waals surface area contributed by atoms with Crippen LogP contribution in [-0.4, -0.2) is 67.3 Å². The van der Waals surface area contributed by atoms with E-state index >= 15 is 0 Å². The molecule has 2 aliphatic rings. The fourth-order valence-electron chi connectivity index (χ4n) is 3.19. The van der Waals surface area contributed by atoms with E-state index in [1.54, 1.807) is 7.05 Å². The predicted molar refractivity (Wildman–Crippen MR) is 101 cm³/mol. The number of likely N-dealkylation sites (tertiary alicyclic amines) is 1. The number of hydrogen-bond acceptors (Lipinski definition) is 3. The first kappa shape index (κ1) is 21.1. The van der Waals surface area contributed by atoms with Gasteiger partial charge >= 0.3 is 6.18 Å². The van der Waals surface area contributed by atoms with Crippen molar-refractivity contribution in [1.29, 1.82) is 0 Å². The molecule has 136 valence electrons. The molecule has 1 heterocycles. The molecule has 2 rings (SSSR count). The van der Waals surface area contributed by atoms with Crippen molar-refractivity contribution in [3.8, 4) is 0 Å². The summed E-state index contributed by atoms with van der Waals surface area (Å²) in [6.07, 6.45) is 2.18. The van der Waals surface area contributed by atoms with Gasteiger partial charge in [0.25, 0.3) is 0 Å². The van der Waals surface area contributed by atoms with Gasteiger partial charge in [0.05, 0.1) is 6.54 Å². The van der Waals surface area contributed by atoms with Crippen LogP contribution in [0, 0.1) is 0 Å². The lowest BCUT2D eigenvalue weighted by molar-refractivity contribution is -0.143. The third-order valence-corrected chi connectivity index (χ3v) is 5.39. The average Bonchev–Trinajstić information content (AvgIpc) is 3.05. The number of guanidine groups is 1. The van der Waals surface area contributed by atoms with Crippen LogP contribution in [0.4, 0.5) is 13.2 Å². The molecule has 1 aliphatic carbocycles. The monoisotopic (exact) mass is 466 g/mol. The second-order valence-electron chi connectivity index (χ2n) is 6.06. The van der Waals surface area contributed by atoms with E-state index in [9.17, 15) is 13.2 Å². The summed E-state index contributed by atoms with van der Waals surface area (Å²) in [7, 11) is 1.71. The van der Waals surface area contributed by atoms with Crippen LogP contribution in [0.25, 0.3) is 0 Å². The first-order valence-corrected chi connectivity index (χ1v) is 9.00. The summed E-state index contributed by atoms with van der Waals surface area (Å²) < 4.78 is 37.2. The lowest BCUT2D eigenvalue weighted by Gasteiger charge is -2.22. The van der Waals surface area contributed by atoms with Crippen LogP contribution in [0.5, 0.6) is 0 Å². The number of thioether (sulfide) groups is 1. The zero-order valence-corrected chi connectivity index (χ0v) is 16.7. The van der Waals surface area contributed by atoms with Crippen molar-refractivity contribution >= 4 is 41.7 Å². The largest absolute Gasteiger partial charge is 0.401 e. The van der Waals surface area contributed by atoms with Gasteiger partial charge in [-0.25, -0.2) is 0 Å². The molecule has 23 heavy (non-hydrogen) atoms. The number of rotatable bonds is 4. The van der Waals surface area contributed by atoms with Crippen molar-refractivity contribution in [2.45, 2.75) is 49.2 Å². The quantitative estimate of drug-likeness (QED) is 0.380. The van der Waals surface area contributed by atoms with E-state index in [-0.39, 0.29) is 30.0 Å². The standard InChI is InChI=1S/C14H25F3N4S.HI/c1-18-13(19-10-3-4-12(7-10)22-2)20-11-5-6-21(8-11)9-14(15,16)17;/h10-12H,3-9H2,1-2H3,(H2,18,19,20);1H. The zero-order chi connectivity index (χ0) is 16.2. The average molecular weight is 466 g/mol. The molecule has 1 aliphatic heterocycles. The van der Waals surface area contributed by atoms with Crippen molar-refractivity contribution in [3.63, 3.8) is 0 Å². The molecule has 0 bridgehead atoms. The molecule has 2 N–H and O–H groups in total. The van der Waals surface area contributed by atoms with E-state index in [2.05, 4.69) is 21.9 Å². The maximum Gasteiger partial charge on any atom is 0.401 e. The fraction of sp³-hybridized carbons (Fsp3) is 0.929. The maximum atomic E-state index is 12.4. The van der Waals surface area contributed by atoms with E-state index in [1.807, 2.05) is 11.8 Å². The highest BCUT2D eigenvalue weighted by atomic mass is 127. The van der Waals surface area contributed by atoms with Crippen LogP contribution in [0.15, 0.2) is 4.99 Å². The molecule has 2 fully saturated rings. The first-order valence-electron chi connectivity index (χ1n) is 7.71. The number of aliphatic imine (C=N–C) groups is 1. The second kappa shape index (κ2) is 9.55. The Kier molecular flexibility index (Phi) is 8.78. The highest BCUT2D eigenvalue weighted by molar-refractivity contribution is 14.0. The van der Waals surface area contributed by atoms with Gasteiger partial charge in [0, 0.05) is 37.5 Å². The lowest BCUT2D eigenvalue weighted by atomic mass is 10.2. The molecule has 3 atom stereocenters. The SMILES string of the molecule is CN=C(NC1CCC(SC)C1)NC1CCN(CC(F)(F)F)C1.I. The maximum absolute atomic E-state index is 12.4. The molecular weight excluding hydrogens is 440 g/mol. The van der Waals surface area contributed by atoms with Gasteiger partial charge in [0.15, 0.2) is 5.96 Å². The molecule has 3 unspecified atom stereocenters. The minimum absolute atomic E-state index is 0. The summed E-state index contributed by atoms with van der Waals surface area (Å²) in [5, 5.41) is 7.37. The molecule has 9 heteroatoms. The number of hydrogen-bond donors (Lipinski definition) is 2. The van der Waals surface area contributed by atoms with Crippen LogP contribution < -0.4 is 10.6 Å². The van der Waals surface area contributed by atoms with E-state index in [4.69, 9.17) is 0 Å². The van der Waals surface area contributed by atoms with Crippen molar-refractivity contribution < 1.29 is 13.2 Å². The van der Waals surface area contributed by atoms with Crippen LogP contribution in [0.2, 0.25) is 0 Å². The Morgan fingerprint density at radius 1 is 1.22 bits per heavy atom. The smallest absolute Gasteiger partial charge is 0.354 e. The molecule has 0 aromatic carbocycles. The van der Waals surface area contributed by atoms with Gasteiger partial charge in [0.1, 0.15) is 0 Å². The lowest BCUT2D eigenvalue weighted by Crippen LogP contribution is -2.48. The minimum Gasteiger partial charge on any atom is -0.354 e. The summed E-state index contributed by atoms with van der Waals surface area (Å²) in [5.74, 6) is 0.714. The summed E-state index contributed by atoms with van der Waals surface area (Å²) in [4.78, 5) is 5.66. The molecule has 0 aromatic heterocycles. The van der Waals surface area contributed by atoms with E-state index in [1.165, 1.54) is 11.3 Å². The highest BCUT2D eigenvalue weighted by Gasteiger charge is 2.34. The van der Waals surface area contributed by atoms with Crippen LogP contribution in [-0.2, 0) is 0 Å². The molecular formula is C14H26F3IN4S. The Morgan fingerprint density at radius 2 is 1.91 bits per heavy atom. The number of alkyl halides is 3.